The van der Waals surface area contributed by atoms with Crippen molar-refractivity contribution in [1.29, 1.82) is 0 Å². The molecule has 0 unspecified atom stereocenters. The van der Waals surface area contributed by atoms with Crippen LogP contribution in [-0.4, -0.2) is 9.97 Å². The van der Waals surface area contributed by atoms with Crippen LogP contribution in [0.3, 0.4) is 0 Å². The molecule has 2 nitrogen and oxygen atoms in total. The van der Waals surface area contributed by atoms with E-state index in [1.807, 2.05) is 0 Å². The second-order valence-corrected chi connectivity index (χ2v) is 4.90. The largest absolute Gasteiger partial charge is 0.236 e. The summed E-state index contributed by atoms with van der Waals surface area (Å²) in [7, 11) is 0. The zero-order chi connectivity index (χ0) is 13.2. The van der Waals surface area contributed by atoms with E-state index >= 15 is 0 Å². The Bertz CT molecular complexity index is 746. The van der Waals surface area contributed by atoms with Gasteiger partial charge in [0.05, 0.1) is 5.52 Å². The number of hydrogen-bond acceptors (Lipinski definition) is 3. The Morgan fingerprint density at radius 2 is 1.79 bits per heavy atom. The first-order chi connectivity index (χ1) is 9.24. The van der Waals surface area contributed by atoms with Gasteiger partial charge in [-0.15, -0.1) is 0 Å². The number of nitrogens with zero attached hydrogens (tertiary/aromatic N) is 2. The van der Waals surface area contributed by atoms with Crippen LogP contribution in [0.1, 0.15) is 0 Å². The van der Waals surface area contributed by atoms with E-state index in [9.17, 15) is 8.78 Å². The third-order valence-corrected chi connectivity index (χ3v) is 3.67. The van der Waals surface area contributed by atoms with E-state index in [0.717, 1.165) is 11.8 Å². The van der Waals surface area contributed by atoms with Crippen LogP contribution in [0, 0.1) is 11.6 Å². The highest BCUT2D eigenvalue weighted by Gasteiger charge is 2.09. The zero-order valence-electron chi connectivity index (χ0n) is 9.68. The molecule has 0 spiro atoms. The molecule has 0 saturated heterocycles. The SMILES string of the molecule is Fc1ccc2ncnc(Sc3ccccc3F)c2c1. The van der Waals surface area contributed by atoms with Gasteiger partial charge in [0.1, 0.15) is 23.0 Å². The van der Waals surface area contributed by atoms with Gasteiger partial charge in [-0.3, -0.25) is 0 Å². The highest BCUT2D eigenvalue weighted by Crippen LogP contribution is 2.32. The molecule has 3 rings (SSSR count). The molecule has 1 heterocycles. The fourth-order valence-electron chi connectivity index (χ4n) is 1.72. The van der Waals surface area contributed by atoms with Gasteiger partial charge >= 0.3 is 0 Å². The van der Waals surface area contributed by atoms with Crippen molar-refractivity contribution in [2.24, 2.45) is 0 Å². The lowest BCUT2D eigenvalue weighted by molar-refractivity contribution is 0.602. The molecule has 0 aliphatic heterocycles. The monoisotopic (exact) mass is 274 g/mol. The van der Waals surface area contributed by atoms with Crippen LogP contribution in [0.25, 0.3) is 10.9 Å². The van der Waals surface area contributed by atoms with Crippen LogP contribution in [-0.2, 0) is 0 Å². The Balaban J connectivity index is 2.10. The molecule has 3 aromatic rings. The predicted molar refractivity (Wildman–Crippen MR) is 70.0 cm³/mol. The van der Waals surface area contributed by atoms with Crippen molar-refractivity contribution in [2.45, 2.75) is 9.92 Å². The van der Waals surface area contributed by atoms with E-state index in [-0.39, 0.29) is 11.6 Å². The fourth-order valence-corrected chi connectivity index (χ4v) is 2.61. The lowest BCUT2D eigenvalue weighted by Crippen LogP contribution is -1.89. The summed E-state index contributed by atoms with van der Waals surface area (Å²) in [5.41, 5.74) is 0.634. The van der Waals surface area contributed by atoms with Gasteiger partial charge < -0.3 is 0 Å². The Morgan fingerprint density at radius 3 is 2.63 bits per heavy atom. The summed E-state index contributed by atoms with van der Waals surface area (Å²) >= 11 is 1.16. The quantitative estimate of drug-likeness (QED) is 0.659. The fraction of sp³-hybridized carbons (Fsp3) is 0. The first kappa shape index (κ1) is 12.0. The van der Waals surface area contributed by atoms with Crippen molar-refractivity contribution >= 4 is 22.7 Å². The highest BCUT2D eigenvalue weighted by atomic mass is 32.2. The van der Waals surface area contributed by atoms with Crippen LogP contribution in [0.4, 0.5) is 8.78 Å². The maximum atomic E-state index is 13.6. The average Bonchev–Trinajstić information content (AvgIpc) is 2.42. The molecule has 1 aromatic heterocycles. The summed E-state index contributed by atoms with van der Waals surface area (Å²) in [6.45, 7) is 0. The van der Waals surface area contributed by atoms with Crippen molar-refractivity contribution in [2.75, 3.05) is 0 Å². The van der Waals surface area contributed by atoms with Crippen molar-refractivity contribution < 1.29 is 8.78 Å². The topological polar surface area (TPSA) is 25.8 Å². The number of benzene rings is 2. The standard InChI is InChI=1S/C14H8F2N2S/c15-9-5-6-12-10(7-9)14(18-8-17-12)19-13-4-2-1-3-11(13)16/h1-8H. The molecule has 0 N–H and O–H groups in total. The number of halogens is 2. The highest BCUT2D eigenvalue weighted by molar-refractivity contribution is 7.99. The number of hydrogen-bond donors (Lipinski definition) is 0. The number of fused-ring (bicyclic) bond motifs is 1. The first-order valence-corrected chi connectivity index (χ1v) is 6.38. The minimum atomic E-state index is -0.363. The molecule has 0 radical (unpaired) electrons. The van der Waals surface area contributed by atoms with E-state index in [4.69, 9.17) is 0 Å². The molecule has 19 heavy (non-hydrogen) atoms. The lowest BCUT2D eigenvalue weighted by Gasteiger charge is -2.05. The van der Waals surface area contributed by atoms with E-state index in [1.54, 1.807) is 24.3 Å². The molecule has 0 aliphatic carbocycles. The Labute approximate surface area is 112 Å². The van der Waals surface area contributed by atoms with Gasteiger partial charge in [0.15, 0.2) is 0 Å². The van der Waals surface area contributed by atoms with Crippen LogP contribution in [0.2, 0.25) is 0 Å². The summed E-state index contributed by atoms with van der Waals surface area (Å²) in [6, 6.07) is 10.7. The normalized spacial score (nSPS) is 10.8. The van der Waals surface area contributed by atoms with Crippen molar-refractivity contribution in [3.63, 3.8) is 0 Å². The molecule has 0 amide bonds. The molecule has 2 aromatic carbocycles. The minimum absolute atomic E-state index is 0.323. The zero-order valence-corrected chi connectivity index (χ0v) is 10.5. The lowest BCUT2D eigenvalue weighted by atomic mass is 10.2. The third kappa shape index (κ3) is 2.42. The Kier molecular flexibility index (Phi) is 3.13. The second-order valence-electron chi connectivity index (χ2n) is 3.87. The number of rotatable bonds is 2. The van der Waals surface area contributed by atoms with Gasteiger partial charge in [0.25, 0.3) is 0 Å². The summed E-state index contributed by atoms with van der Waals surface area (Å²) in [5, 5.41) is 1.12. The van der Waals surface area contributed by atoms with Gasteiger partial charge in [0.2, 0.25) is 0 Å². The Morgan fingerprint density at radius 1 is 0.947 bits per heavy atom. The molecular formula is C14H8F2N2S. The van der Waals surface area contributed by atoms with Gasteiger partial charge in [-0.05, 0) is 30.3 Å². The maximum Gasteiger partial charge on any atom is 0.137 e. The second kappa shape index (κ2) is 4.93. The van der Waals surface area contributed by atoms with Crippen LogP contribution < -0.4 is 0 Å². The molecule has 5 heteroatoms. The van der Waals surface area contributed by atoms with Crippen LogP contribution >= 0.6 is 11.8 Å². The molecule has 0 saturated carbocycles. The summed E-state index contributed by atoms with van der Waals surface area (Å²) in [6.07, 6.45) is 1.39. The molecule has 0 aliphatic rings. The molecule has 94 valence electrons. The predicted octanol–water partition coefficient (Wildman–Crippen LogP) is 4.06. The summed E-state index contributed by atoms with van der Waals surface area (Å²) in [5.74, 6) is -0.687. The summed E-state index contributed by atoms with van der Waals surface area (Å²) < 4.78 is 26.9. The van der Waals surface area contributed by atoms with Gasteiger partial charge in [-0.1, -0.05) is 23.9 Å². The Hall–Kier alpha value is -2.01. The van der Waals surface area contributed by atoms with Gasteiger partial charge in [-0.2, -0.15) is 0 Å². The molecule has 0 fully saturated rings. The average molecular weight is 274 g/mol. The van der Waals surface area contributed by atoms with Crippen molar-refractivity contribution in [3.8, 4) is 0 Å². The summed E-state index contributed by atoms with van der Waals surface area (Å²) in [4.78, 5) is 8.62. The van der Waals surface area contributed by atoms with E-state index in [1.165, 1.54) is 24.5 Å². The van der Waals surface area contributed by atoms with Crippen LogP contribution in [0.5, 0.6) is 0 Å². The molecule has 0 bridgehead atoms. The van der Waals surface area contributed by atoms with Crippen LogP contribution in [0.15, 0.2) is 58.7 Å². The van der Waals surface area contributed by atoms with Crippen molar-refractivity contribution in [1.82, 2.24) is 9.97 Å². The van der Waals surface area contributed by atoms with E-state index in [2.05, 4.69) is 9.97 Å². The van der Waals surface area contributed by atoms with Crippen molar-refractivity contribution in [3.05, 3.63) is 60.4 Å². The third-order valence-electron chi connectivity index (χ3n) is 2.60. The minimum Gasteiger partial charge on any atom is -0.236 e. The van der Waals surface area contributed by atoms with E-state index in [0.29, 0.717) is 20.8 Å². The van der Waals surface area contributed by atoms with Gasteiger partial charge in [-0.25, -0.2) is 18.7 Å². The van der Waals surface area contributed by atoms with E-state index < -0.39 is 0 Å². The first-order valence-electron chi connectivity index (χ1n) is 5.57. The molecular weight excluding hydrogens is 266 g/mol. The smallest absolute Gasteiger partial charge is 0.137 e. The van der Waals surface area contributed by atoms with Gasteiger partial charge in [0, 0.05) is 10.3 Å². The number of aromatic nitrogens is 2. The molecule has 0 atom stereocenters. The maximum absolute atomic E-state index is 13.6.